The summed E-state index contributed by atoms with van der Waals surface area (Å²) >= 11 is -2.00. The van der Waals surface area contributed by atoms with Gasteiger partial charge in [-0.1, -0.05) is 0 Å². The second-order valence-electron chi connectivity index (χ2n) is 4.82. The molecule has 0 aromatic carbocycles. The van der Waals surface area contributed by atoms with E-state index in [-0.39, 0.29) is 0 Å². The van der Waals surface area contributed by atoms with Gasteiger partial charge in [-0.05, 0) is 0 Å². The quantitative estimate of drug-likeness (QED) is 0.737. The first-order valence-corrected chi connectivity index (χ1v) is 14.4. The molecule has 2 nitrogen and oxygen atoms in total. The van der Waals surface area contributed by atoms with Crippen LogP contribution in [0.3, 0.4) is 0 Å². The molecule has 0 aromatic rings. The summed E-state index contributed by atoms with van der Waals surface area (Å²) in [4.78, 5) is 5.16. The fraction of sp³-hybridized carbons (Fsp3) is 1.00. The molecule has 0 spiro atoms. The van der Waals surface area contributed by atoms with Gasteiger partial charge in [-0.3, -0.25) is 0 Å². The van der Waals surface area contributed by atoms with E-state index >= 15 is 0 Å². The van der Waals surface area contributed by atoms with Crippen LogP contribution in [0.2, 0.25) is 9.88 Å². The molecule has 0 aromatic heterocycles. The van der Waals surface area contributed by atoms with E-state index in [1.54, 1.807) is 0 Å². The minimum absolute atomic E-state index is 1.32. The first kappa shape index (κ1) is 12.8. The summed E-state index contributed by atoms with van der Waals surface area (Å²) < 4.78 is 5.68. The molecule has 3 heteroatoms. The third-order valence-corrected chi connectivity index (χ3v) is 14.8. The Kier molecular flexibility index (Phi) is 5.21. The zero-order valence-corrected chi connectivity index (χ0v) is 13.2. The Morgan fingerprint density at radius 1 is 0.929 bits per heavy atom. The summed E-state index contributed by atoms with van der Waals surface area (Å²) in [6.45, 7) is 10.0. The Labute approximate surface area is 94.2 Å². The van der Waals surface area contributed by atoms with Crippen LogP contribution >= 0.6 is 0 Å². The summed E-state index contributed by atoms with van der Waals surface area (Å²) in [7, 11) is 0. The SMILES string of the molecule is CCC[N]1CCC[N](CCC)[Sn]1([CH3])[CH3]. The molecule has 1 aliphatic rings. The summed E-state index contributed by atoms with van der Waals surface area (Å²) in [6, 6.07) is 0. The van der Waals surface area contributed by atoms with Gasteiger partial charge in [0.15, 0.2) is 0 Å². The van der Waals surface area contributed by atoms with Gasteiger partial charge in [0.2, 0.25) is 0 Å². The van der Waals surface area contributed by atoms with Gasteiger partial charge in [0.25, 0.3) is 0 Å². The van der Waals surface area contributed by atoms with Crippen molar-refractivity contribution in [3.05, 3.63) is 0 Å². The van der Waals surface area contributed by atoms with Crippen molar-refractivity contribution in [1.29, 1.82) is 0 Å². The van der Waals surface area contributed by atoms with Crippen molar-refractivity contribution in [2.75, 3.05) is 26.2 Å². The molecule has 1 rings (SSSR count). The van der Waals surface area contributed by atoms with Gasteiger partial charge in [-0.25, -0.2) is 0 Å². The molecule has 0 aliphatic carbocycles. The molecule has 1 fully saturated rings. The predicted molar refractivity (Wildman–Crippen MR) is 65.8 cm³/mol. The molecule has 14 heavy (non-hydrogen) atoms. The molecule has 0 unspecified atom stereocenters. The molecule has 0 saturated carbocycles. The van der Waals surface area contributed by atoms with Crippen LogP contribution in [0.15, 0.2) is 0 Å². The Morgan fingerprint density at radius 3 is 1.71 bits per heavy atom. The summed E-state index contributed by atoms with van der Waals surface area (Å²) in [5, 5.41) is 0. The van der Waals surface area contributed by atoms with Crippen LogP contribution in [-0.2, 0) is 0 Å². The fourth-order valence-corrected chi connectivity index (χ4v) is 12.1. The number of hydrogen-bond acceptors (Lipinski definition) is 2. The molecule has 1 aliphatic heterocycles. The van der Waals surface area contributed by atoms with E-state index < -0.39 is 18.9 Å². The first-order valence-electron chi connectivity index (χ1n) is 6.13. The standard InChI is InChI=1S/C9H20N2.2CH3.Sn/c1-3-6-10-8-5-9-11-7-4-2;;;/h3-9H2,1-2H3;2*1H3;/q-2;;;+2. The van der Waals surface area contributed by atoms with Crippen molar-refractivity contribution in [3.63, 3.8) is 0 Å². The molecule has 0 N–H and O–H groups in total. The zero-order valence-electron chi connectivity index (χ0n) is 10.3. The minimum atomic E-state index is -2.00. The zero-order chi connectivity index (χ0) is 10.6. The van der Waals surface area contributed by atoms with Crippen LogP contribution in [0, 0.1) is 0 Å². The molecule has 1 heterocycles. The van der Waals surface area contributed by atoms with E-state index in [0.717, 1.165) is 0 Å². The van der Waals surface area contributed by atoms with Crippen LogP contribution in [0.5, 0.6) is 0 Å². The van der Waals surface area contributed by atoms with Gasteiger partial charge in [0.05, 0.1) is 0 Å². The Hall–Kier alpha value is 0.719. The topological polar surface area (TPSA) is 6.48 Å². The predicted octanol–water partition coefficient (Wildman–Crippen LogP) is 2.52. The van der Waals surface area contributed by atoms with E-state index in [1.165, 1.54) is 45.4 Å². The van der Waals surface area contributed by atoms with Gasteiger partial charge in [0.1, 0.15) is 0 Å². The van der Waals surface area contributed by atoms with Crippen LogP contribution in [0.25, 0.3) is 0 Å². The third-order valence-electron chi connectivity index (χ3n) is 3.39. The maximum atomic E-state index is 2.84. The molecular weight excluding hydrogens is 279 g/mol. The van der Waals surface area contributed by atoms with Crippen molar-refractivity contribution in [1.82, 2.24) is 6.24 Å². The van der Waals surface area contributed by atoms with Crippen molar-refractivity contribution < 1.29 is 0 Å². The van der Waals surface area contributed by atoms with Crippen LogP contribution in [0.1, 0.15) is 33.1 Å². The molecule has 0 amide bonds. The van der Waals surface area contributed by atoms with E-state index in [1.807, 2.05) is 0 Å². The van der Waals surface area contributed by atoms with E-state index in [2.05, 4.69) is 30.0 Å². The van der Waals surface area contributed by atoms with Gasteiger partial charge >= 0.3 is 94.3 Å². The van der Waals surface area contributed by atoms with Gasteiger partial charge < -0.3 is 0 Å². The molecule has 1 saturated heterocycles. The monoisotopic (exact) mass is 306 g/mol. The average molecular weight is 305 g/mol. The van der Waals surface area contributed by atoms with Crippen LogP contribution in [0.4, 0.5) is 0 Å². The summed E-state index contributed by atoms with van der Waals surface area (Å²) in [5.74, 6) is 0. The van der Waals surface area contributed by atoms with E-state index in [9.17, 15) is 0 Å². The van der Waals surface area contributed by atoms with Crippen LogP contribution in [-0.4, -0.2) is 51.3 Å². The Morgan fingerprint density at radius 2 is 1.36 bits per heavy atom. The molecule has 0 atom stereocenters. The van der Waals surface area contributed by atoms with Crippen LogP contribution < -0.4 is 0 Å². The third kappa shape index (κ3) is 2.86. The van der Waals surface area contributed by atoms with E-state index in [0.29, 0.717) is 0 Å². The Balaban J connectivity index is 2.60. The Bertz CT molecular complexity index is 151. The van der Waals surface area contributed by atoms with E-state index in [4.69, 9.17) is 0 Å². The number of rotatable bonds is 4. The maximum absolute atomic E-state index is 2.84. The first-order chi connectivity index (χ1) is 6.62. The number of nitrogens with zero attached hydrogens (tertiary/aromatic N) is 2. The normalized spacial score (nSPS) is 24.0. The van der Waals surface area contributed by atoms with Crippen molar-refractivity contribution in [3.8, 4) is 0 Å². The second kappa shape index (κ2) is 5.71. The fourth-order valence-electron chi connectivity index (χ4n) is 2.51. The van der Waals surface area contributed by atoms with Gasteiger partial charge in [-0.2, -0.15) is 0 Å². The summed E-state index contributed by atoms with van der Waals surface area (Å²) in [5.41, 5.74) is 0. The van der Waals surface area contributed by atoms with Gasteiger partial charge in [-0.15, -0.1) is 0 Å². The average Bonchev–Trinajstić information content (AvgIpc) is 2.13. The second-order valence-corrected chi connectivity index (χ2v) is 17.0. The molecule has 0 radical (unpaired) electrons. The van der Waals surface area contributed by atoms with Crippen molar-refractivity contribution in [2.24, 2.45) is 0 Å². The van der Waals surface area contributed by atoms with Crippen molar-refractivity contribution >= 4 is 18.9 Å². The number of hydrogen-bond donors (Lipinski definition) is 0. The van der Waals surface area contributed by atoms with Crippen molar-refractivity contribution in [2.45, 2.75) is 43.0 Å². The molecule has 0 bridgehead atoms. The molecular formula is C11H26N2Sn. The summed E-state index contributed by atoms with van der Waals surface area (Å²) in [6.07, 6.45) is 4.03. The molecule has 84 valence electrons. The van der Waals surface area contributed by atoms with Gasteiger partial charge in [0, 0.05) is 0 Å².